The average molecular weight is 245 g/mol. The zero-order valence-corrected chi connectivity index (χ0v) is 9.39. The Kier molecular flexibility index (Phi) is 4.77. The molecule has 0 bridgehead atoms. The van der Waals surface area contributed by atoms with E-state index >= 15 is 0 Å². The fourth-order valence-electron chi connectivity index (χ4n) is 1.12. The molecule has 2 heteroatoms. The van der Waals surface area contributed by atoms with Crippen LogP contribution in [-0.2, 0) is 6.42 Å². The number of hydrogen-bond acceptors (Lipinski definition) is 1. The number of thiol groups is 1. The van der Waals surface area contributed by atoms with Gasteiger partial charge in [0.25, 0.3) is 0 Å². The third-order valence-corrected chi connectivity index (χ3v) is 2.47. The smallest absolute Gasteiger partial charge is 0.0570 e. The van der Waals surface area contributed by atoms with Crippen LogP contribution in [-0.4, -0.2) is 4.16 Å². The van der Waals surface area contributed by atoms with Crippen molar-refractivity contribution in [3.8, 4) is 0 Å². The van der Waals surface area contributed by atoms with Crippen LogP contribution in [0.5, 0.6) is 0 Å². The van der Waals surface area contributed by atoms with Gasteiger partial charge in [0.1, 0.15) is 0 Å². The van der Waals surface area contributed by atoms with E-state index in [0.29, 0.717) is 4.16 Å². The van der Waals surface area contributed by atoms with E-state index in [1.807, 2.05) is 0 Å². The fraction of sp³-hybridized carbons (Fsp3) is 0.400. The second kappa shape index (κ2) is 5.65. The summed E-state index contributed by atoms with van der Waals surface area (Å²) in [5.74, 6) is 0. The van der Waals surface area contributed by atoms with Gasteiger partial charge in [-0.25, -0.2) is 0 Å². The van der Waals surface area contributed by atoms with Gasteiger partial charge in [0, 0.05) is 0 Å². The number of rotatable bonds is 4. The van der Waals surface area contributed by atoms with Crippen molar-refractivity contribution in [2.24, 2.45) is 0 Å². The third-order valence-electron chi connectivity index (χ3n) is 1.75. The van der Waals surface area contributed by atoms with Gasteiger partial charge in [0.05, 0.1) is 4.16 Å². The predicted molar refractivity (Wildman–Crippen MR) is 61.1 cm³/mol. The van der Waals surface area contributed by atoms with Gasteiger partial charge >= 0.3 is 0 Å². The summed E-state index contributed by atoms with van der Waals surface area (Å²) in [6, 6.07) is 10.6. The van der Waals surface area contributed by atoms with Crippen LogP contribution in [0.4, 0.5) is 0 Å². The summed E-state index contributed by atoms with van der Waals surface area (Å²) < 4.78 is 0.348. The third kappa shape index (κ3) is 4.17. The van der Waals surface area contributed by atoms with Crippen molar-refractivity contribution < 1.29 is 0 Å². The molecule has 0 aliphatic heterocycles. The van der Waals surface area contributed by atoms with Gasteiger partial charge in [-0.1, -0.05) is 46.3 Å². The Morgan fingerprint density at radius 1 is 1.25 bits per heavy atom. The molecule has 0 spiro atoms. The van der Waals surface area contributed by atoms with Crippen LogP contribution < -0.4 is 0 Å². The predicted octanol–water partition coefficient (Wildman–Crippen LogP) is 3.66. The van der Waals surface area contributed by atoms with Crippen molar-refractivity contribution in [3.05, 3.63) is 35.9 Å². The maximum absolute atomic E-state index is 4.26. The van der Waals surface area contributed by atoms with Crippen LogP contribution >= 0.6 is 28.6 Å². The molecule has 1 rings (SSSR count). The summed E-state index contributed by atoms with van der Waals surface area (Å²) in [6.45, 7) is 0. The quantitative estimate of drug-likeness (QED) is 0.607. The van der Waals surface area contributed by atoms with Gasteiger partial charge in [-0.15, -0.1) is 0 Å². The topological polar surface area (TPSA) is 0 Å². The molecule has 12 heavy (non-hydrogen) atoms. The highest BCUT2D eigenvalue weighted by atomic mass is 79.9. The number of hydrogen-bond donors (Lipinski definition) is 1. The molecule has 0 fully saturated rings. The van der Waals surface area contributed by atoms with E-state index in [1.54, 1.807) is 0 Å². The molecule has 1 atom stereocenters. The van der Waals surface area contributed by atoms with Gasteiger partial charge in [-0.2, -0.15) is 12.6 Å². The van der Waals surface area contributed by atoms with Crippen molar-refractivity contribution >= 4 is 28.6 Å². The van der Waals surface area contributed by atoms with Gasteiger partial charge in [0.2, 0.25) is 0 Å². The Hall–Kier alpha value is 0.0500. The second-order valence-corrected chi connectivity index (χ2v) is 5.25. The second-order valence-electron chi connectivity index (χ2n) is 2.81. The van der Waals surface area contributed by atoms with Crippen molar-refractivity contribution in [1.29, 1.82) is 0 Å². The summed E-state index contributed by atoms with van der Waals surface area (Å²) in [5, 5.41) is 0. The van der Waals surface area contributed by atoms with Gasteiger partial charge < -0.3 is 0 Å². The number of benzene rings is 1. The molecule has 1 aromatic rings. The van der Waals surface area contributed by atoms with Crippen molar-refractivity contribution in [2.75, 3.05) is 0 Å². The standard InChI is InChI=1S/C10H13BrS/c11-10(12)8-4-7-9-5-2-1-3-6-9/h1-3,5-6,10,12H,4,7-8H2. The van der Waals surface area contributed by atoms with Gasteiger partial charge in [-0.05, 0) is 24.8 Å². The Balaban J connectivity index is 2.25. The maximum atomic E-state index is 4.26. The Bertz CT molecular complexity index is 208. The molecule has 1 aromatic carbocycles. The first-order valence-electron chi connectivity index (χ1n) is 4.15. The van der Waals surface area contributed by atoms with Gasteiger partial charge in [-0.3, -0.25) is 0 Å². The van der Waals surface area contributed by atoms with E-state index in [1.165, 1.54) is 12.0 Å². The first-order valence-corrected chi connectivity index (χ1v) is 5.58. The number of alkyl halides is 1. The van der Waals surface area contributed by atoms with Crippen molar-refractivity contribution in [2.45, 2.75) is 23.4 Å². The van der Waals surface area contributed by atoms with E-state index < -0.39 is 0 Å². The van der Waals surface area contributed by atoms with E-state index in [2.05, 4.69) is 58.9 Å². The van der Waals surface area contributed by atoms with E-state index in [4.69, 9.17) is 0 Å². The highest BCUT2D eigenvalue weighted by molar-refractivity contribution is 9.11. The zero-order chi connectivity index (χ0) is 8.81. The molecule has 66 valence electrons. The minimum atomic E-state index is 0.348. The largest absolute Gasteiger partial charge is 0.164 e. The van der Waals surface area contributed by atoms with Crippen molar-refractivity contribution in [1.82, 2.24) is 0 Å². The van der Waals surface area contributed by atoms with Crippen molar-refractivity contribution in [3.63, 3.8) is 0 Å². The molecule has 1 unspecified atom stereocenters. The van der Waals surface area contributed by atoms with E-state index in [-0.39, 0.29) is 0 Å². The average Bonchev–Trinajstić information content (AvgIpc) is 2.05. The number of halogens is 1. The Morgan fingerprint density at radius 2 is 1.92 bits per heavy atom. The normalized spacial score (nSPS) is 12.8. The lowest BCUT2D eigenvalue weighted by Crippen LogP contribution is -1.89. The molecule has 0 aromatic heterocycles. The minimum Gasteiger partial charge on any atom is -0.164 e. The van der Waals surface area contributed by atoms with Crippen LogP contribution in [0.2, 0.25) is 0 Å². The molecule has 0 nitrogen and oxygen atoms in total. The molecular formula is C10H13BrS. The monoisotopic (exact) mass is 244 g/mol. The van der Waals surface area contributed by atoms with E-state index in [0.717, 1.165) is 12.8 Å². The van der Waals surface area contributed by atoms with Crippen LogP contribution in [0.3, 0.4) is 0 Å². The first-order chi connectivity index (χ1) is 5.79. The zero-order valence-electron chi connectivity index (χ0n) is 6.91. The Morgan fingerprint density at radius 3 is 2.50 bits per heavy atom. The SMILES string of the molecule is SC(Br)CCCc1ccccc1. The minimum absolute atomic E-state index is 0.348. The first kappa shape index (κ1) is 10.1. The number of aryl methyl sites for hydroxylation is 1. The highest BCUT2D eigenvalue weighted by Gasteiger charge is 1.96. The van der Waals surface area contributed by atoms with Gasteiger partial charge in [0.15, 0.2) is 0 Å². The summed E-state index contributed by atoms with van der Waals surface area (Å²) in [6.07, 6.45) is 3.48. The lowest BCUT2D eigenvalue weighted by Gasteiger charge is -2.02. The van der Waals surface area contributed by atoms with Crippen LogP contribution in [0, 0.1) is 0 Å². The van der Waals surface area contributed by atoms with Crippen LogP contribution in [0.1, 0.15) is 18.4 Å². The van der Waals surface area contributed by atoms with E-state index in [9.17, 15) is 0 Å². The lowest BCUT2D eigenvalue weighted by atomic mass is 10.1. The summed E-state index contributed by atoms with van der Waals surface area (Å²) >= 11 is 7.67. The summed E-state index contributed by atoms with van der Waals surface area (Å²) in [7, 11) is 0. The summed E-state index contributed by atoms with van der Waals surface area (Å²) in [4.78, 5) is 0. The summed E-state index contributed by atoms with van der Waals surface area (Å²) in [5.41, 5.74) is 1.42. The Labute approximate surface area is 87.9 Å². The molecular weight excluding hydrogens is 232 g/mol. The molecule has 0 N–H and O–H groups in total. The van der Waals surface area contributed by atoms with Crippen LogP contribution in [0.15, 0.2) is 30.3 Å². The van der Waals surface area contributed by atoms with Crippen LogP contribution in [0.25, 0.3) is 0 Å². The molecule has 0 saturated heterocycles. The highest BCUT2D eigenvalue weighted by Crippen LogP contribution is 2.13. The lowest BCUT2D eigenvalue weighted by molar-refractivity contribution is 0.791. The fourth-order valence-corrected chi connectivity index (χ4v) is 1.63. The molecule has 0 amide bonds. The molecule has 0 aliphatic carbocycles. The maximum Gasteiger partial charge on any atom is 0.0570 e. The molecule has 0 saturated carbocycles. The molecule has 0 aliphatic rings. The molecule has 0 heterocycles. The molecule has 0 radical (unpaired) electrons.